The van der Waals surface area contributed by atoms with Gasteiger partial charge in [0.25, 0.3) is 0 Å². The normalized spacial score (nSPS) is 16.4. The van der Waals surface area contributed by atoms with E-state index in [0.29, 0.717) is 19.0 Å². The van der Waals surface area contributed by atoms with E-state index in [-0.39, 0.29) is 5.97 Å². The average Bonchev–Trinajstić information content (AvgIpc) is 2.37. The van der Waals surface area contributed by atoms with Gasteiger partial charge < -0.3 is 18.9 Å². The van der Waals surface area contributed by atoms with Gasteiger partial charge in [0.05, 0.1) is 34.5 Å². The second-order valence-electron chi connectivity index (χ2n) is 4.54. The highest BCUT2D eigenvalue weighted by Gasteiger charge is 2.50. The van der Waals surface area contributed by atoms with E-state index in [0.717, 1.165) is 16.9 Å². The lowest BCUT2D eigenvalue weighted by atomic mass is 9.77. The van der Waals surface area contributed by atoms with Crippen LogP contribution in [0.4, 0.5) is 0 Å². The molecule has 0 spiro atoms. The van der Waals surface area contributed by atoms with E-state index < -0.39 is 5.41 Å². The second-order valence-corrected chi connectivity index (χ2v) is 4.54. The maximum Gasteiger partial charge on any atom is 0.321 e. The lowest BCUT2D eigenvalue weighted by Gasteiger charge is -2.39. The molecular weight excluding hydrogens is 248 g/mol. The maximum absolute atomic E-state index is 12.1. The Morgan fingerprint density at radius 1 is 1.21 bits per heavy atom. The van der Waals surface area contributed by atoms with Gasteiger partial charge in [-0.1, -0.05) is 6.07 Å². The van der Waals surface area contributed by atoms with E-state index in [4.69, 9.17) is 18.9 Å². The Balaban J connectivity index is 2.55. The quantitative estimate of drug-likeness (QED) is 0.772. The van der Waals surface area contributed by atoms with Gasteiger partial charge in [0.2, 0.25) is 0 Å². The Morgan fingerprint density at radius 2 is 1.89 bits per heavy atom. The third-order valence-corrected chi connectivity index (χ3v) is 3.57. The zero-order valence-electron chi connectivity index (χ0n) is 11.6. The summed E-state index contributed by atoms with van der Waals surface area (Å²) in [5.41, 5.74) is 0.876. The van der Waals surface area contributed by atoms with Crippen LogP contribution in [0.25, 0.3) is 0 Å². The number of hydrogen-bond acceptors (Lipinski definition) is 5. The van der Waals surface area contributed by atoms with Crippen LogP contribution >= 0.6 is 0 Å². The molecule has 104 valence electrons. The molecule has 1 aliphatic rings. The zero-order valence-corrected chi connectivity index (χ0v) is 11.6. The van der Waals surface area contributed by atoms with Crippen LogP contribution < -0.4 is 9.47 Å². The van der Waals surface area contributed by atoms with Crippen molar-refractivity contribution in [2.75, 3.05) is 34.5 Å². The Hall–Kier alpha value is -1.75. The van der Waals surface area contributed by atoms with Crippen molar-refractivity contribution in [1.82, 2.24) is 0 Å². The predicted octanol–water partition coefficient (Wildman–Crippen LogP) is 1.45. The van der Waals surface area contributed by atoms with Gasteiger partial charge in [0.15, 0.2) is 0 Å². The van der Waals surface area contributed by atoms with Crippen LogP contribution in [-0.4, -0.2) is 40.5 Å². The van der Waals surface area contributed by atoms with Gasteiger partial charge in [0.1, 0.15) is 16.9 Å². The third kappa shape index (κ3) is 1.94. The number of benzene rings is 1. The number of esters is 1. The molecule has 0 N–H and O–H groups in total. The van der Waals surface area contributed by atoms with Crippen LogP contribution in [0.3, 0.4) is 0 Å². The number of rotatable bonds is 4. The molecule has 0 bridgehead atoms. The Labute approximate surface area is 112 Å². The standard InChI is InChI=1S/C14H18O5/c1-9-11(16-2)6-5-10(12(9)17-3)14(7-19-8-14)13(15)18-4/h5-6H,7-8H2,1-4H3. The largest absolute Gasteiger partial charge is 0.496 e. The zero-order chi connectivity index (χ0) is 14.0. The molecule has 0 atom stereocenters. The molecule has 0 aliphatic carbocycles. The first kappa shape index (κ1) is 13.7. The van der Waals surface area contributed by atoms with Crippen molar-refractivity contribution >= 4 is 5.97 Å². The van der Waals surface area contributed by atoms with Crippen molar-refractivity contribution in [3.63, 3.8) is 0 Å². The highest BCUT2D eigenvalue weighted by molar-refractivity contribution is 5.86. The molecule has 1 saturated heterocycles. The van der Waals surface area contributed by atoms with Crippen LogP contribution in [-0.2, 0) is 19.7 Å². The average molecular weight is 266 g/mol. The van der Waals surface area contributed by atoms with E-state index in [1.807, 2.05) is 19.1 Å². The lowest BCUT2D eigenvalue weighted by Crippen LogP contribution is -2.53. The number of hydrogen-bond donors (Lipinski definition) is 0. The molecule has 0 saturated carbocycles. The van der Waals surface area contributed by atoms with E-state index >= 15 is 0 Å². The van der Waals surface area contributed by atoms with Crippen LogP contribution in [0.2, 0.25) is 0 Å². The van der Waals surface area contributed by atoms with Gasteiger partial charge in [-0.2, -0.15) is 0 Å². The summed E-state index contributed by atoms with van der Waals surface area (Å²) in [6.07, 6.45) is 0. The Kier molecular flexibility index (Phi) is 3.66. The summed E-state index contributed by atoms with van der Waals surface area (Å²) in [5, 5.41) is 0. The molecule has 0 unspecified atom stereocenters. The molecule has 2 rings (SSSR count). The molecule has 1 aromatic carbocycles. The summed E-state index contributed by atoms with van der Waals surface area (Å²) in [5.74, 6) is 1.07. The van der Waals surface area contributed by atoms with Crippen LogP contribution in [0.5, 0.6) is 11.5 Å². The van der Waals surface area contributed by atoms with Crippen molar-refractivity contribution in [1.29, 1.82) is 0 Å². The number of ether oxygens (including phenoxy) is 4. The molecule has 5 heteroatoms. The third-order valence-electron chi connectivity index (χ3n) is 3.57. The minimum atomic E-state index is -0.767. The van der Waals surface area contributed by atoms with Crippen LogP contribution in [0.1, 0.15) is 11.1 Å². The summed E-state index contributed by atoms with van der Waals surface area (Å²) in [6.45, 7) is 2.51. The van der Waals surface area contributed by atoms with E-state index in [1.165, 1.54) is 7.11 Å². The topological polar surface area (TPSA) is 54.0 Å². The second kappa shape index (κ2) is 5.09. The van der Waals surface area contributed by atoms with Crippen molar-refractivity contribution in [3.8, 4) is 11.5 Å². The fourth-order valence-electron chi connectivity index (χ4n) is 2.42. The van der Waals surface area contributed by atoms with Gasteiger partial charge in [-0.25, -0.2) is 0 Å². The first-order valence-corrected chi connectivity index (χ1v) is 5.99. The summed E-state index contributed by atoms with van der Waals surface area (Å²) < 4.78 is 20.8. The molecule has 1 fully saturated rings. The van der Waals surface area contributed by atoms with Gasteiger partial charge in [-0.15, -0.1) is 0 Å². The molecular formula is C14H18O5. The Morgan fingerprint density at radius 3 is 2.32 bits per heavy atom. The minimum Gasteiger partial charge on any atom is -0.496 e. The van der Waals surface area contributed by atoms with E-state index in [1.54, 1.807) is 14.2 Å². The lowest BCUT2D eigenvalue weighted by molar-refractivity contribution is -0.166. The van der Waals surface area contributed by atoms with Crippen molar-refractivity contribution in [2.45, 2.75) is 12.3 Å². The molecule has 0 aromatic heterocycles. The molecule has 5 nitrogen and oxygen atoms in total. The van der Waals surface area contributed by atoms with Gasteiger partial charge in [-0.05, 0) is 13.0 Å². The molecule has 19 heavy (non-hydrogen) atoms. The van der Waals surface area contributed by atoms with Crippen LogP contribution in [0.15, 0.2) is 12.1 Å². The highest BCUT2D eigenvalue weighted by atomic mass is 16.5. The van der Waals surface area contributed by atoms with Crippen LogP contribution in [0, 0.1) is 6.92 Å². The first-order valence-electron chi connectivity index (χ1n) is 5.99. The van der Waals surface area contributed by atoms with Crippen molar-refractivity contribution < 1.29 is 23.7 Å². The molecule has 1 heterocycles. The smallest absolute Gasteiger partial charge is 0.321 e. The van der Waals surface area contributed by atoms with Crippen molar-refractivity contribution in [2.24, 2.45) is 0 Å². The molecule has 0 radical (unpaired) electrons. The molecule has 0 amide bonds. The first-order chi connectivity index (χ1) is 9.10. The summed E-state index contributed by atoms with van der Waals surface area (Å²) in [6, 6.07) is 3.67. The minimum absolute atomic E-state index is 0.304. The molecule has 1 aromatic rings. The fraction of sp³-hybridized carbons (Fsp3) is 0.500. The van der Waals surface area contributed by atoms with Gasteiger partial charge >= 0.3 is 5.97 Å². The fourth-order valence-corrected chi connectivity index (χ4v) is 2.42. The predicted molar refractivity (Wildman–Crippen MR) is 68.8 cm³/mol. The summed E-state index contributed by atoms with van der Waals surface area (Å²) >= 11 is 0. The summed E-state index contributed by atoms with van der Waals surface area (Å²) in [7, 11) is 4.56. The van der Waals surface area contributed by atoms with Gasteiger partial charge in [-0.3, -0.25) is 4.79 Å². The SMILES string of the molecule is COC(=O)C1(c2ccc(OC)c(C)c2OC)COC1. The highest BCUT2D eigenvalue weighted by Crippen LogP contribution is 2.42. The number of carbonyl (C=O) groups is 1. The van der Waals surface area contributed by atoms with E-state index in [2.05, 4.69) is 0 Å². The van der Waals surface area contributed by atoms with Crippen molar-refractivity contribution in [3.05, 3.63) is 23.3 Å². The molecule has 1 aliphatic heterocycles. The number of carbonyl (C=O) groups excluding carboxylic acids is 1. The summed E-state index contributed by atoms with van der Waals surface area (Å²) in [4.78, 5) is 12.1. The monoisotopic (exact) mass is 266 g/mol. The number of methoxy groups -OCH3 is 3. The Bertz CT molecular complexity index is 491. The van der Waals surface area contributed by atoms with E-state index in [9.17, 15) is 4.79 Å². The van der Waals surface area contributed by atoms with Gasteiger partial charge in [0, 0.05) is 11.1 Å². The maximum atomic E-state index is 12.1.